The smallest absolute Gasteiger partial charge is 0.231 e. The van der Waals surface area contributed by atoms with Gasteiger partial charge in [-0.15, -0.1) is 10.2 Å². The van der Waals surface area contributed by atoms with E-state index in [1.165, 1.54) is 11.8 Å². The molecule has 0 atom stereocenters. The molecule has 1 aromatic carbocycles. The van der Waals surface area contributed by atoms with Crippen LogP contribution in [0.25, 0.3) is 0 Å². The van der Waals surface area contributed by atoms with Gasteiger partial charge in [0.15, 0.2) is 22.4 Å². The maximum Gasteiger partial charge on any atom is 0.231 e. The second-order valence-corrected chi connectivity index (χ2v) is 6.33. The standard InChI is InChI=1S/C16H18N4O4S/c1-2-20-15(6-5-14(17)22)18-19-16(20)25-8-11(21)10-3-4-12-13(7-10)24-9-23-12/h3-4,7H,2,5-6,8-9H2,1H3,(H2,17,22). The number of aryl methyl sites for hydroxylation is 1. The third-order valence-electron chi connectivity index (χ3n) is 3.73. The average Bonchev–Trinajstić information content (AvgIpc) is 3.23. The third kappa shape index (κ3) is 3.93. The third-order valence-corrected chi connectivity index (χ3v) is 4.70. The van der Waals surface area contributed by atoms with Gasteiger partial charge in [0, 0.05) is 24.9 Å². The molecule has 0 fully saturated rings. The van der Waals surface area contributed by atoms with Gasteiger partial charge in [0.1, 0.15) is 5.82 Å². The number of nitrogens with two attached hydrogens (primary N) is 1. The van der Waals surface area contributed by atoms with Crippen molar-refractivity contribution in [1.29, 1.82) is 0 Å². The lowest BCUT2D eigenvalue weighted by molar-refractivity contribution is -0.118. The molecule has 3 rings (SSSR count). The largest absolute Gasteiger partial charge is 0.454 e. The fourth-order valence-electron chi connectivity index (χ4n) is 2.45. The fraction of sp³-hybridized carbons (Fsp3) is 0.375. The zero-order chi connectivity index (χ0) is 17.8. The van der Waals surface area contributed by atoms with E-state index >= 15 is 0 Å². The van der Waals surface area contributed by atoms with Crippen molar-refractivity contribution in [3.05, 3.63) is 29.6 Å². The van der Waals surface area contributed by atoms with E-state index < -0.39 is 0 Å². The molecule has 9 heteroatoms. The zero-order valence-electron chi connectivity index (χ0n) is 13.7. The summed E-state index contributed by atoms with van der Waals surface area (Å²) in [5.74, 6) is 1.74. The Bertz CT molecular complexity index is 805. The molecular weight excluding hydrogens is 344 g/mol. The van der Waals surface area contributed by atoms with Crippen molar-refractivity contribution in [3.63, 3.8) is 0 Å². The number of fused-ring (bicyclic) bond motifs is 1. The minimum absolute atomic E-state index is 0.0346. The number of rotatable bonds is 8. The number of Topliss-reactive ketones (excluding diaryl/α,β-unsaturated/α-hetero) is 1. The Morgan fingerprint density at radius 1 is 1.28 bits per heavy atom. The van der Waals surface area contributed by atoms with Crippen LogP contribution in [0.4, 0.5) is 0 Å². The molecule has 2 aromatic rings. The molecule has 0 unspecified atom stereocenters. The first kappa shape index (κ1) is 17.3. The van der Waals surface area contributed by atoms with E-state index in [0.29, 0.717) is 41.0 Å². The van der Waals surface area contributed by atoms with Crippen molar-refractivity contribution in [1.82, 2.24) is 14.8 Å². The molecule has 8 nitrogen and oxygen atoms in total. The van der Waals surface area contributed by atoms with Gasteiger partial charge in [0.25, 0.3) is 0 Å². The number of carbonyl (C=O) groups excluding carboxylic acids is 2. The van der Waals surface area contributed by atoms with Crippen LogP contribution < -0.4 is 15.2 Å². The van der Waals surface area contributed by atoms with Gasteiger partial charge in [-0.1, -0.05) is 11.8 Å². The van der Waals surface area contributed by atoms with Crippen molar-refractivity contribution in [2.45, 2.75) is 31.5 Å². The summed E-state index contributed by atoms with van der Waals surface area (Å²) >= 11 is 1.31. The van der Waals surface area contributed by atoms with Gasteiger partial charge in [-0.25, -0.2) is 0 Å². The predicted octanol–water partition coefficient (Wildman–Crippen LogP) is 1.42. The molecule has 0 saturated heterocycles. The van der Waals surface area contributed by atoms with Gasteiger partial charge in [0.2, 0.25) is 12.7 Å². The number of ether oxygens (including phenoxy) is 2. The van der Waals surface area contributed by atoms with E-state index in [2.05, 4.69) is 10.2 Å². The van der Waals surface area contributed by atoms with Crippen LogP contribution in [-0.2, 0) is 17.8 Å². The van der Waals surface area contributed by atoms with E-state index in [9.17, 15) is 9.59 Å². The van der Waals surface area contributed by atoms with Gasteiger partial charge in [-0.05, 0) is 25.1 Å². The summed E-state index contributed by atoms with van der Waals surface area (Å²) in [7, 11) is 0. The molecule has 0 radical (unpaired) electrons. The Hall–Kier alpha value is -2.55. The van der Waals surface area contributed by atoms with Crippen molar-refractivity contribution in [2.75, 3.05) is 12.5 Å². The minimum atomic E-state index is -0.377. The molecule has 2 N–H and O–H groups in total. The molecule has 25 heavy (non-hydrogen) atoms. The van der Waals surface area contributed by atoms with Crippen LogP contribution in [0.15, 0.2) is 23.4 Å². The fourth-order valence-corrected chi connectivity index (χ4v) is 3.36. The van der Waals surface area contributed by atoms with Gasteiger partial charge in [-0.2, -0.15) is 0 Å². The number of hydrogen-bond donors (Lipinski definition) is 1. The highest BCUT2D eigenvalue weighted by molar-refractivity contribution is 7.99. The van der Waals surface area contributed by atoms with Gasteiger partial charge in [-0.3, -0.25) is 9.59 Å². The minimum Gasteiger partial charge on any atom is -0.454 e. The summed E-state index contributed by atoms with van der Waals surface area (Å²) < 4.78 is 12.4. The Morgan fingerprint density at radius 3 is 2.84 bits per heavy atom. The topological polar surface area (TPSA) is 109 Å². The highest BCUT2D eigenvalue weighted by atomic mass is 32.2. The number of aromatic nitrogens is 3. The number of thioether (sulfide) groups is 1. The van der Waals surface area contributed by atoms with Crippen LogP contribution in [0.1, 0.15) is 29.5 Å². The molecule has 132 valence electrons. The lowest BCUT2D eigenvalue weighted by Gasteiger charge is -2.06. The summed E-state index contributed by atoms with van der Waals surface area (Å²) in [5, 5.41) is 8.86. The molecule has 0 bridgehead atoms. The van der Waals surface area contributed by atoms with Gasteiger partial charge in [0.05, 0.1) is 5.75 Å². The van der Waals surface area contributed by atoms with E-state index in [-0.39, 0.29) is 30.7 Å². The molecule has 1 aliphatic heterocycles. The highest BCUT2D eigenvalue weighted by Crippen LogP contribution is 2.33. The summed E-state index contributed by atoms with van der Waals surface area (Å²) in [4.78, 5) is 23.3. The van der Waals surface area contributed by atoms with Crippen LogP contribution in [0, 0.1) is 0 Å². The van der Waals surface area contributed by atoms with Crippen molar-refractivity contribution in [2.24, 2.45) is 5.73 Å². The highest BCUT2D eigenvalue weighted by Gasteiger charge is 2.18. The first-order valence-corrected chi connectivity index (χ1v) is 8.83. The molecule has 2 heterocycles. The molecule has 0 saturated carbocycles. The summed E-state index contributed by atoms with van der Waals surface area (Å²) in [6, 6.07) is 5.14. The predicted molar refractivity (Wildman–Crippen MR) is 90.8 cm³/mol. The van der Waals surface area contributed by atoms with Crippen molar-refractivity contribution < 1.29 is 19.1 Å². The zero-order valence-corrected chi connectivity index (χ0v) is 14.5. The second kappa shape index (κ2) is 7.56. The normalized spacial score (nSPS) is 12.4. The number of benzene rings is 1. The molecule has 0 aliphatic carbocycles. The van der Waals surface area contributed by atoms with Gasteiger partial charge < -0.3 is 19.8 Å². The van der Waals surface area contributed by atoms with Crippen molar-refractivity contribution >= 4 is 23.5 Å². The quantitative estimate of drug-likeness (QED) is 0.558. The number of amides is 1. The van der Waals surface area contributed by atoms with Crippen molar-refractivity contribution in [3.8, 4) is 11.5 Å². The number of nitrogens with zero attached hydrogens (tertiary/aromatic N) is 3. The van der Waals surface area contributed by atoms with E-state index in [0.717, 1.165) is 0 Å². The van der Waals surface area contributed by atoms with Crippen LogP contribution in [-0.4, -0.2) is 39.0 Å². The Kier molecular flexibility index (Phi) is 5.22. The summed E-state index contributed by atoms with van der Waals surface area (Å²) in [5.41, 5.74) is 5.74. The first-order chi connectivity index (χ1) is 12.1. The molecule has 1 amide bonds. The first-order valence-electron chi connectivity index (χ1n) is 7.84. The Balaban J connectivity index is 1.65. The number of ketones is 1. The summed E-state index contributed by atoms with van der Waals surface area (Å²) in [6.45, 7) is 2.79. The lowest BCUT2D eigenvalue weighted by atomic mass is 10.1. The number of hydrogen-bond acceptors (Lipinski definition) is 7. The van der Waals surface area contributed by atoms with Gasteiger partial charge >= 0.3 is 0 Å². The van der Waals surface area contributed by atoms with Crippen LogP contribution in [0.2, 0.25) is 0 Å². The second-order valence-electron chi connectivity index (χ2n) is 5.39. The number of carbonyl (C=O) groups is 2. The number of primary amides is 1. The average molecular weight is 362 g/mol. The van der Waals surface area contributed by atoms with E-state index in [4.69, 9.17) is 15.2 Å². The molecular formula is C16H18N4O4S. The molecule has 0 spiro atoms. The molecule has 1 aliphatic rings. The maximum absolute atomic E-state index is 12.4. The lowest BCUT2D eigenvalue weighted by Crippen LogP contribution is -2.13. The maximum atomic E-state index is 12.4. The SMILES string of the molecule is CCn1c(CCC(N)=O)nnc1SCC(=O)c1ccc2c(c1)OCO2. The van der Waals surface area contributed by atoms with Crippen LogP contribution in [0.5, 0.6) is 11.5 Å². The van der Waals surface area contributed by atoms with Crippen LogP contribution in [0.3, 0.4) is 0 Å². The summed E-state index contributed by atoms with van der Waals surface area (Å²) in [6.07, 6.45) is 0.658. The van der Waals surface area contributed by atoms with Crippen LogP contribution >= 0.6 is 11.8 Å². The van der Waals surface area contributed by atoms with E-state index in [1.54, 1.807) is 18.2 Å². The Labute approximate surface area is 148 Å². The molecule has 1 aromatic heterocycles. The van der Waals surface area contributed by atoms with E-state index in [1.807, 2.05) is 11.5 Å². The Morgan fingerprint density at radius 2 is 2.08 bits per heavy atom. The monoisotopic (exact) mass is 362 g/mol.